The first-order chi connectivity index (χ1) is 7.47. The van der Waals surface area contributed by atoms with E-state index in [0.29, 0.717) is 5.56 Å². The Labute approximate surface area is 91.6 Å². The fourth-order valence-corrected chi connectivity index (χ4v) is 1.28. The fraction of sp³-hybridized carbons (Fsp3) is 0.273. The van der Waals surface area contributed by atoms with E-state index in [1.165, 1.54) is 6.07 Å². The second kappa shape index (κ2) is 5.01. The Morgan fingerprint density at radius 2 is 2.12 bits per heavy atom. The van der Waals surface area contributed by atoms with Gasteiger partial charge in [-0.15, -0.1) is 6.42 Å². The lowest BCUT2D eigenvalue weighted by Gasteiger charge is -2.11. The van der Waals surface area contributed by atoms with Crippen molar-refractivity contribution in [2.75, 3.05) is 0 Å². The topological polar surface area (TPSA) is 38.0 Å². The third kappa shape index (κ3) is 3.26. The van der Waals surface area contributed by atoms with E-state index in [-0.39, 0.29) is 6.42 Å². The molecule has 16 heavy (non-hydrogen) atoms. The number of halogens is 3. The van der Waals surface area contributed by atoms with Crippen LogP contribution in [0.2, 0.25) is 0 Å². The highest BCUT2D eigenvalue weighted by molar-refractivity contribution is 5.27. The minimum atomic E-state index is -4.34. The van der Waals surface area contributed by atoms with Crippen molar-refractivity contribution in [3.8, 4) is 12.3 Å². The summed E-state index contributed by atoms with van der Waals surface area (Å²) in [6.45, 7) is 0. The summed E-state index contributed by atoms with van der Waals surface area (Å²) in [5.74, 6) is 7.48. The second-order valence-electron chi connectivity index (χ2n) is 3.29. The molecule has 0 bridgehead atoms. The largest absolute Gasteiger partial charge is 0.416 e. The molecule has 0 saturated heterocycles. The van der Waals surface area contributed by atoms with E-state index in [9.17, 15) is 13.2 Å². The number of benzene rings is 1. The lowest BCUT2D eigenvalue weighted by molar-refractivity contribution is -0.137. The average molecular weight is 228 g/mol. The highest BCUT2D eigenvalue weighted by Gasteiger charge is 2.30. The molecule has 0 amide bonds. The van der Waals surface area contributed by atoms with Gasteiger partial charge in [-0.2, -0.15) is 13.2 Å². The summed E-state index contributed by atoms with van der Waals surface area (Å²) < 4.78 is 37.2. The Morgan fingerprint density at radius 3 is 2.62 bits per heavy atom. The first-order valence-corrected chi connectivity index (χ1v) is 4.55. The van der Waals surface area contributed by atoms with E-state index < -0.39 is 17.8 Å². The van der Waals surface area contributed by atoms with E-state index in [1.807, 2.05) is 0 Å². The molecule has 1 aromatic rings. The van der Waals surface area contributed by atoms with Gasteiger partial charge in [0.05, 0.1) is 11.6 Å². The molecule has 1 unspecified atom stereocenters. The minimum absolute atomic E-state index is 0.261. The number of alkyl halides is 3. The molecule has 1 rings (SSSR count). The van der Waals surface area contributed by atoms with Crippen LogP contribution >= 0.6 is 0 Å². The quantitative estimate of drug-likeness (QED) is 0.469. The number of hydrogen-bond acceptors (Lipinski definition) is 2. The Hall–Kier alpha value is -1.51. The van der Waals surface area contributed by atoms with Gasteiger partial charge in [-0.1, -0.05) is 24.1 Å². The van der Waals surface area contributed by atoms with Gasteiger partial charge in [-0.25, -0.2) is 5.43 Å². The van der Waals surface area contributed by atoms with Crippen LogP contribution in [0.15, 0.2) is 24.3 Å². The minimum Gasteiger partial charge on any atom is -0.270 e. The van der Waals surface area contributed by atoms with Crippen LogP contribution < -0.4 is 11.3 Å². The summed E-state index contributed by atoms with van der Waals surface area (Å²) in [7, 11) is 0. The van der Waals surface area contributed by atoms with Crippen LogP contribution in [-0.4, -0.2) is 6.04 Å². The normalized spacial score (nSPS) is 13.2. The molecule has 2 nitrogen and oxygen atoms in total. The highest BCUT2D eigenvalue weighted by atomic mass is 19.4. The predicted molar refractivity (Wildman–Crippen MR) is 55.1 cm³/mol. The standard InChI is InChI=1S/C11H11F3N2/c1-2-10(16-15)7-8-4-3-5-9(6-8)11(12,13)14/h1,3-6,10,16H,7,15H2. The third-order valence-corrected chi connectivity index (χ3v) is 2.10. The van der Waals surface area contributed by atoms with Gasteiger partial charge in [0.2, 0.25) is 0 Å². The molecule has 0 spiro atoms. The Kier molecular flexibility index (Phi) is 3.93. The molecule has 0 fully saturated rings. The summed E-state index contributed by atoms with van der Waals surface area (Å²) in [6, 6.07) is 4.55. The van der Waals surface area contributed by atoms with E-state index in [4.69, 9.17) is 12.3 Å². The molecule has 3 N–H and O–H groups in total. The SMILES string of the molecule is C#CC(Cc1cccc(C(F)(F)F)c1)NN. The molecule has 0 aliphatic carbocycles. The Bertz CT molecular complexity index is 393. The predicted octanol–water partition coefficient (Wildman–Crippen LogP) is 1.71. The maximum Gasteiger partial charge on any atom is 0.416 e. The van der Waals surface area contributed by atoms with Crippen LogP contribution in [0.1, 0.15) is 11.1 Å². The molecule has 1 atom stereocenters. The number of rotatable bonds is 3. The van der Waals surface area contributed by atoms with Crippen molar-refractivity contribution in [3.05, 3.63) is 35.4 Å². The van der Waals surface area contributed by atoms with E-state index >= 15 is 0 Å². The number of terminal acetylenes is 1. The molecule has 1 aromatic carbocycles. The van der Waals surface area contributed by atoms with Crippen molar-refractivity contribution < 1.29 is 13.2 Å². The molecule has 5 heteroatoms. The van der Waals surface area contributed by atoms with Gasteiger partial charge in [0.15, 0.2) is 0 Å². The zero-order valence-corrected chi connectivity index (χ0v) is 8.38. The second-order valence-corrected chi connectivity index (χ2v) is 3.29. The van der Waals surface area contributed by atoms with Crippen LogP contribution in [0.25, 0.3) is 0 Å². The van der Waals surface area contributed by atoms with Crippen LogP contribution in [-0.2, 0) is 12.6 Å². The van der Waals surface area contributed by atoms with Crippen LogP contribution in [0.4, 0.5) is 13.2 Å². The molecule has 86 valence electrons. The monoisotopic (exact) mass is 228 g/mol. The van der Waals surface area contributed by atoms with Crippen molar-refractivity contribution in [1.29, 1.82) is 0 Å². The van der Waals surface area contributed by atoms with Gasteiger partial charge in [-0.3, -0.25) is 5.84 Å². The number of nitrogens with one attached hydrogen (secondary N) is 1. The Balaban J connectivity index is 2.88. The first kappa shape index (κ1) is 12.6. The molecular formula is C11H11F3N2. The molecule has 0 saturated carbocycles. The molecular weight excluding hydrogens is 217 g/mol. The summed E-state index contributed by atoms with van der Waals surface area (Å²) >= 11 is 0. The number of nitrogens with two attached hydrogens (primary N) is 1. The summed E-state index contributed by atoms with van der Waals surface area (Å²) in [5.41, 5.74) is 2.15. The molecule has 0 aliphatic heterocycles. The van der Waals surface area contributed by atoms with Gasteiger partial charge in [-0.05, 0) is 11.6 Å². The van der Waals surface area contributed by atoms with Crippen LogP contribution in [0.3, 0.4) is 0 Å². The van der Waals surface area contributed by atoms with E-state index in [1.54, 1.807) is 6.07 Å². The average Bonchev–Trinajstić information content (AvgIpc) is 2.25. The Morgan fingerprint density at radius 1 is 1.44 bits per heavy atom. The van der Waals surface area contributed by atoms with Crippen LogP contribution in [0, 0.1) is 12.3 Å². The molecule has 0 radical (unpaired) electrons. The van der Waals surface area contributed by atoms with Gasteiger partial charge >= 0.3 is 6.18 Å². The highest BCUT2D eigenvalue weighted by Crippen LogP contribution is 2.29. The summed E-state index contributed by atoms with van der Waals surface area (Å²) in [4.78, 5) is 0. The van der Waals surface area contributed by atoms with E-state index in [2.05, 4.69) is 11.3 Å². The summed E-state index contributed by atoms with van der Waals surface area (Å²) in [5, 5.41) is 0. The maximum atomic E-state index is 12.4. The fourth-order valence-electron chi connectivity index (χ4n) is 1.28. The number of hydrazine groups is 1. The van der Waals surface area contributed by atoms with Crippen molar-refractivity contribution >= 4 is 0 Å². The molecule has 0 aliphatic rings. The van der Waals surface area contributed by atoms with Crippen molar-refractivity contribution in [1.82, 2.24) is 5.43 Å². The smallest absolute Gasteiger partial charge is 0.270 e. The van der Waals surface area contributed by atoms with Crippen LogP contribution in [0.5, 0.6) is 0 Å². The van der Waals surface area contributed by atoms with Gasteiger partial charge in [0.1, 0.15) is 0 Å². The van der Waals surface area contributed by atoms with E-state index in [0.717, 1.165) is 12.1 Å². The van der Waals surface area contributed by atoms with Crippen molar-refractivity contribution in [3.63, 3.8) is 0 Å². The zero-order valence-electron chi connectivity index (χ0n) is 8.38. The molecule has 0 heterocycles. The van der Waals surface area contributed by atoms with Crippen molar-refractivity contribution in [2.24, 2.45) is 5.84 Å². The number of hydrogen-bond donors (Lipinski definition) is 2. The molecule has 0 aromatic heterocycles. The van der Waals surface area contributed by atoms with Gasteiger partial charge < -0.3 is 0 Å². The van der Waals surface area contributed by atoms with Gasteiger partial charge in [0.25, 0.3) is 0 Å². The van der Waals surface area contributed by atoms with Crippen molar-refractivity contribution in [2.45, 2.75) is 18.6 Å². The zero-order chi connectivity index (χ0) is 12.2. The third-order valence-electron chi connectivity index (χ3n) is 2.10. The maximum absolute atomic E-state index is 12.4. The van der Waals surface area contributed by atoms with Gasteiger partial charge in [0, 0.05) is 6.42 Å². The lowest BCUT2D eigenvalue weighted by Crippen LogP contribution is -2.35. The first-order valence-electron chi connectivity index (χ1n) is 4.55. The summed E-state index contributed by atoms with van der Waals surface area (Å²) in [6.07, 6.45) is 1.07. The lowest BCUT2D eigenvalue weighted by atomic mass is 10.0.